The number of nitrogens with one attached hydrogen (secondary N) is 4. The molecule has 0 spiro atoms. The standard InChI is InChI=1S/C30H33N7O4/c1-20(38)32-19-28(39)33-18-21-5-9-23(10-6-21)37-27(17-26(36-37)30(2,3)4)35-29(40)34-22-7-11-24(12-8-22)41-25-13-15-31-16-14-25/h5-17H,18-19H2,1-4H3,(H,32,38)(H,33,39)(H2,34,35,40). The van der Waals surface area contributed by atoms with Crippen LogP contribution in [0.1, 0.15) is 39.0 Å². The third-order valence-corrected chi connectivity index (χ3v) is 5.89. The van der Waals surface area contributed by atoms with Crippen molar-refractivity contribution >= 4 is 29.4 Å². The normalized spacial score (nSPS) is 10.9. The number of aromatic nitrogens is 3. The summed E-state index contributed by atoms with van der Waals surface area (Å²) in [6, 6.07) is 19.4. The molecule has 11 heteroatoms. The Kier molecular flexibility index (Phi) is 8.98. The zero-order valence-corrected chi connectivity index (χ0v) is 23.4. The molecule has 0 fully saturated rings. The molecule has 0 saturated carbocycles. The van der Waals surface area contributed by atoms with E-state index >= 15 is 0 Å². The first kappa shape index (κ1) is 28.8. The van der Waals surface area contributed by atoms with E-state index in [0.29, 0.717) is 29.5 Å². The number of pyridine rings is 1. The van der Waals surface area contributed by atoms with Gasteiger partial charge >= 0.3 is 6.03 Å². The summed E-state index contributed by atoms with van der Waals surface area (Å²) in [7, 11) is 0. The van der Waals surface area contributed by atoms with Crippen molar-refractivity contribution in [2.75, 3.05) is 17.2 Å². The Bertz CT molecular complexity index is 1490. The highest BCUT2D eigenvalue weighted by atomic mass is 16.5. The van der Waals surface area contributed by atoms with Gasteiger partial charge in [-0.25, -0.2) is 9.48 Å². The molecule has 0 radical (unpaired) electrons. The monoisotopic (exact) mass is 555 g/mol. The molecule has 2 aromatic carbocycles. The zero-order chi connectivity index (χ0) is 29.4. The number of hydrogen-bond donors (Lipinski definition) is 4. The molecule has 4 N–H and O–H groups in total. The van der Waals surface area contributed by atoms with Crippen LogP contribution < -0.4 is 26.0 Å². The number of hydrogen-bond acceptors (Lipinski definition) is 6. The molecule has 4 aromatic rings. The third-order valence-electron chi connectivity index (χ3n) is 5.89. The predicted octanol–water partition coefficient (Wildman–Crippen LogP) is 4.75. The van der Waals surface area contributed by atoms with Gasteiger partial charge < -0.3 is 20.7 Å². The van der Waals surface area contributed by atoms with Crippen LogP contribution in [-0.2, 0) is 21.5 Å². The number of nitrogens with zero attached hydrogens (tertiary/aromatic N) is 3. The van der Waals surface area contributed by atoms with Crippen LogP contribution in [0, 0.1) is 0 Å². The molecule has 0 aliphatic heterocycles. The summed E-state index contributed by atoms with van der Waals surface area (Å²) < 4.78 is 7.44. The Morgan fingerprint density at radius 2 is 1.51 bits per heavy atom. The number of rotatable bonds is 9. The largest absolute Gasteiger partial charge is 0.457 e. The van der Waals surface area contributed by atoms with Crippen LogP contribution in [0.5, 0.6) is 11.5 Å². The van der Waals surface area contributed by atoms with Crippen molar-refractivity contribution in [3.63, 3.8) is 0 Å². The fourth-order valence-electron chi connectivity index (χ4n) is 3.68. The highest BCUT2D eigenvalue weighted by Crippen LogP contribution is 2.27. The highest BCUT2D eigenvalue weighted by molar-refractivity contribution is 5.99. The lowest BCUT2D eigenvalue weighted by molar-refractivity contribution is -0.125. The maximum absolute atomic E-state index is 12.9. The number of amides is 4. The summed E-state index contributed by atoms with van der Waals surface area (Å²) in [5.41, 5.74) is 2.76. The third kappa shape index (κ3) is 8.40. The van der Waals surface area contributed by atoms with Gasteiger partial charge in [-0.15, -0.1) is 0 Å². The molecule has 11 nitrogen and oxygen atoms in total. The number of benzene rings is 2. The van der Waals surface area contributed by atoms with Crippen LogP contribution >= 0.6 is 0 Å². The van der Waals surface area contributed by atoms with E-state index in [4.69, 9.17) is 9.84 Å². The molecule has 4 rings (SSSR count). The van der Waals surface area contributed by atoms with Crippen molar-refractivity contribution in [1.82, 2.24) is 25.4 Å². The smallest absolute Gasteiger partial charge is 0.324 e. The van der Waals surface area contributed by atoms with Gasteiger partial charge in [0.1, 0.15) is 17.3 Å². The van der Waals surface area contributed by atoms with Crippen molar-refractivity contribution in [3.05, 3.63) is 90.4 Å². The topological polar surface area (TPSA) is 139 Å². The number of carbonyl (C=O) groups excluding carboxylic acids is 3. The summed E-state index contributed by atoms with van der Waals surface area (Å²) in [5.74, 6) is 1.26. The second-order valence-corrected chi connectivity index (χ2v) is 10.3. The van der Waals surface area contributed by atoms with Gasteiger partial charge in [-0.1, -0.05) is 32.9 Å². The SMILES string of the molecule is CC(=O)NCC(=O)NCc1ccc(-n2nc(C(C)(C)C)cc2NC(=O)Nc2ccc(Oc3ccncc3)cc2)cc1. The van der Waals surface area contributed by atoms with Gasteiger partial charge in [0.15, 0.2) is 0 Å². The van der Waals surface area contributed by atoms with Crippen LogP contribution in [0.3, 0.4) is 0 Å². The first-order chi connectivity index (χ1) is 19.6. The van der Waals surface area contributed by atoms with E-state index in [1.807, 2.05) is 51.1 Å². The van der Waals surface area contributed by atoms with E-state index in [1.54, 1.807) is 53.5 Å². The minimum absolute atomic E-state index is 0.0725. The lowest BCUT2D eigenvalue weighted by Crippen LogP contribution is -2.35. The van der Waals surface area contributed by atoms with Crippen LogP contribution in [0.15, 0.2) is 79.1 Å². The molecule has 0 aliphatic rings. The van der Waals surface area contributed by atoms with E-state index in [2.05, 4.69) is 26.3 Å². The van der Waals surface area contributed by atoms with Crippen molar-refractivity contribution in [3.8, 4) is 17.2 Å². The summed E-state index contributed by atoms with van der Waals surface area (Å²) in [6.45, 7) is 7.74. The molecular formula is C30H33N7O4. The minimum atomic E-state index is -0.423. The average Bonchev–Trinajstić information content (AvgIpc) is 3.37. The number of ether oxygens (including phenoxy) is 1. The first-order valence-corrected chi connectivity index (χ1v) is 13.0. The van der Waals surface area contributed by atoms with Gasteiger partial charge in [-0.2, -0.15) is 5.10 Å². The zero-order valence-electron chi connectivity index (χ0n) is 23.4. The fourth-order valence-corrected chi connectivity index (χ4v) is 3.68. The summed E-state index contributed by atoms with van der Waals surface area (Å²) in [5, 5.41) is 15.7. The van der Waals surface area contributed by atoms with E-state index < -0.39 is 6.03 Å². The molecule has 0 bridgehead atoms. The predicted molar refractivity (Wildman–Crippen MR) is 156 cm³/mol. The second kappa shape index (κ2) is 12.8. The number of carbonyl (C=O) groups is 3. The molecule has 212 valence electrons. The number of urea groups is 1. The van der Waals surface area contributed by atoms with Gasteiger partial charge in [0.2, 0.25) is 11.8 Å². The van der Waals surface area contributed by atoms with Crippen molar-refractivity contribution in [2.45, 2.75) is 39.7 Å². The van der Waals surface area contributed by atoms with Crippen LogP contribution in [0.25, 0.3) is 5.69 Å². The molecule has 0 unspecified atom stereocenters. The lowest BCUT2D eigenvalue weighted by atomic mass is 9.92. The van der Waals surface area contributed by atoms with Gasteiger partial charge in [0.25, 0.3) is 0 Å². The van der Waals surface area contributed by atoms with Crippen LogP contribution in [-0.4, -0.2) is 39.2 Å². The van der Waals surface area contributed by atoms with Gasteiger partial charge in [-0.3, -0.25) is 19.9 Å². The fraction of sp³-hybridized carbons (Fsp3) is 0.233. The summed E-state index contributed by atoms with van der Waals surface area (Å²) >= 11 is 0. The van der Waals surface area contributed by atoms with Gasteiger partial charge in [0, 0.05) is 43.0 Å². The maximum Gasteiger partial charge on any atom is 0.324 e. The lowest BCUT2D eigenvalue weighted by Gasteiger charge is -2.14. The molecule has 0 saturated heterocycles. The Morgan fingerprint density at radius 1 is 0.854 bits per heavy atom. The molecule has 0 aliphatic carbocycles. The van der Waals surface area contributed by atoms with Crippen molar-refractivity contribution in [2.24, 2.45) is 0 Å². The molecule has 0 atom stereocenters. The molecule has 41 heavy (non-hydrogen) atoms. The van der Waals surface area contributed by atoms with E-state index in [0.717, 1.165) is 16.9 Å². The Hall–Kier alpha value is -5.19. The average molecular weight is 556 g/mol. The minimum Gasteiger partial charge on any atom is -0.457 e. The number of anilines is 2. The maximum atomic E-state index is 12.9. The highest BCUT2D eigenvalue weighted by Gasteiger charge is 2.21. The summed E-state index contributed by atoms with van der Waals surface area (Å²) in [6.07, 6.45) is 3.30. The Morgan fingerprint density at radius 3 is 2.15 bits per heavy atom. The van der Waals surface area contributed by atoms with Crippen LogP contribution in [0.4, 0.5) is 16.3 Å². The second-order valence-electron chi connectivity index (χ2n) is 10.3. The molecule has 2 aromatic heterocycles. The molecule has 4 amide bonds. The molecule has 2 heterocycles. The van der Waals surface area contributed by atoms with E-state index in [1.165, 1.54) is 6.92 Å². The van der Waals surface area contributed by atoms with Crippen molar-refractivity contribution < 1.29 is 19.1 Å². The van der Waals surface area contributed by atoms with Gasteiger partial charge in [-0.05, 0) is 54.1 Å². The summed E-state index contributed by atoms with van der Waals surface area (Å²) in [4.78, 5) is 39.8. The Balaban J connectivity index is 1.43. The Labute approximate surface area is 238 Å². The first-order valence-electron chi connectivity index (χ1n) is 13.0. The van der Waals surface area contributed by atoms with Crippen molar-refractivity contribution in [1.29, 1.82) is 0 Å². The van der Waals surface area contributed by atoms with Gasteiger partial charge in [0.05, 0.1) is 17.9 Å². The van der Waals surface area contributed by atoms with Crippen LogP contribution in [0.2, 0.25) is 0 Å². The quantitative estimate of drug-likeness (QED) is 0.235. The van der Waals surface area contributed by atoms with E-state index in [9.17, 15) is 14.4 Å². The molecular weight excluding hydrogens is 522 g/mol. The van der Waals surface area contributed by atoms with E-state index in [-0.39, 0.29) is 23.8 Å².